The average Bonchev–Trinajstić information content (AvgIpc) is 1.98. The van der Waals surface area contributed by atoms with Crippen molar-refractivity contribution in [2.24, 2.45) is 5.73 Å². The van der Waals surface area contributed by atoms with Crippen LogP contribution in [-0.2, 0) is 5.54 Å². The lowest BCUT2D eigenvalue weighted by molar-refractivity contribution is -0.125. The summed E-state index contributed by atoms with van der Waals surface area (Å²) in [6.45, 7) is 0. The summed E-state index contributed by atoms with van der Waals surface area (Å²) in [6.07, 6.45) is -1.11. The van der Waals surface area contributed by atoms with E-state index in [-0.39, 0.29) is 10.6 Å². The molecule has 2 rings (SSSR count). The Morgan fingerprint density at radius 1 is 1.27 bits per heavy atom. The molecular formula is C10H9ClF3N. The molecule has 2 N–H and O–H groups in total. The molecule has 0 heterocycles. The van der Waals surface area contributed by atoms with Gasteiger partial charge in [-0.2, -0.15) is 0 Å². The van der Waals surface area contributed by atoms with Gasteiger partial charge in [0, 0.05) is 23.4 Å². The zero-order valence-electron chi connectivity index (χ0n) is 7.74. The molecular weight excluding hydrogens is 227 g/mol. The Kier molecular flexibility index (Phi) is 2.24. The summed E-state index contributed by atoms with van der Waals surface area (Å²) in [7, 11) is 0. The molecule has 82 valence electrons. The average molecular weight is 236 g/mol. The van der Waals surface area contributed by atoms with Crippen LogP contribution in [-0.4, -0.2) is 5.92 Å². The van der Waals surface area contributed by atoms with Crippen LogP contribution in [0.4, 0.5) is 13.2 Å². The lowest BCUT2D eigenvalue weighted by Gasteiger charge is -2.45. The second kappa shape index (κ2) is 3.12. The fraction of sp³-hybridized carbons (Fsp3) is 0.400. The van der Waals surface area contributed by atoms with E-state index in [1.54, 1.807) is 0 Å². The Hall–Kier alpha value is -0.740. The number of halogens is 4. The molecule has 1 aromatic carbocycles. The number of benzene rings is 1. The summed E-state index contributed by atoms with van der Waals surface area (Å²) in [5.74, 6) is -3.43. The van der Waals surface area contributed by atoms with Gasteiger partial charge in [-0.25, -0.2) is 13.2 Å². The molecule has 1 saturated carbocycles. The highest BCUT2D eigenvalue weighted by Crippen LogP contribution is 2.51. The predicted octanol–water partition coefficient (Wildman–Crippen LogP) is 3.06. The smallest absolute Gasteiger partial charge is 0.252 e. The minimum absolute atomic E-state index is 0.00223. The minimum atomic E-state index is -2.81. The van der Waals surface area contributed by atoms with E-state index < -0.39 is 30.1 Å². The summed E-state index contributed by atoms with van der Waals surface area (Å²) < 4.78 is 38.9. The van der Waals surface area contributed by atoms with Crippen LogP contribution < -0.4 is 5.73 Å². The van der Waals surface area contributed by atoms with Gasteiger partial charge in [0.25, 0.3) is 5.92 Å². The summed E-state index contributed by atoms with van der Waals surface area (Å²) in [4.78, 5) is 0. The molecule has 0 spiro atoms. The third-order valence-corrected chi connectivity index (χ3v) is 2.92. The van der Waals surface area contributed by atoms with E-state index in [1.807, 2.05) is 0 Å². The van der Waals surface area contributed by atoms with Crippen molar-refractivity contribution in [2.45, 2.75) is 24.3 Å². The first-order valence-electron chi connectivity index (χ1n) is 4.45. The number of rotatable bonds is 1. The molecule has 0 radical (unpaired) electrons. The highest BCUT2D eigenvalue weighted by atomic mass is 35.5. The standard InChI is InChI=1S/C10H9ClF3N/c11-6-2-1-3-7(12)8(6)9(15)4-10(13,14)5-9/h1-3H,4-5,15H2. The zero-order valence-corrected chi connectivity index (χ0v) is 8.49. The van der Waals surface area contributed by atoms with Gasteiger partial charge in [-0.1, -0.05) is 17.7 Å². The second-order valence-electron chi connectivity index (χ2n) is 3.96. The molecule has 0 saturated heterocycles. The van der Waals surface area contributed by atoms with Gasteiger partial charge in [-0.15, -0.1) is 0 Å². The molecule has 0 aromatic heterocycles. The van der Waals surface area contributed by atoms with Crippen LogP contribution >= 0.6 is 11.6 Å². The SMILES string of the molecule is NC1(c2c(F)cccc2Cl)CC(F)(F)C1. The summed E-state index contributed by atoms with van der Waals surface area (Å²) in [5, 5.41) is 0.105. The van der Waals surface area contributed by atoms with Crippen molar-refractivity contribution < 1.29 is 13.2 Å². The van der Waals surface area contributed by atoms with Gasteiger partial charge < -0.3 is 5.73 Å². The maximum Gasteiger partial charge on any atom is 0.252 e. The topological polar surface area (TPSA) is 26.0 Å². The van der Waals surface area contributed by atoms with Crippen molar-refractivity contribution in [1.29, 1.82) is 0 Å². The van der Waals surface area contributed by atoms with Crippen LogP contribution in [0.25, 0.3) is 0 Å². The van der Waals surface area contributed by atoms with Crippen molar-refractivity contribution in [3.63, 3.8) is 0 Å². The molecule has 15 heavy (non-hydrogen) atoms. The van der Waals surface area contributed by atoms with Crippen molar-refractivity contribution in [1.82, 2.24) is 0 Å². The largest absolute Gasteiger partial charge is 0.321 e. The van der Waals surface area contributed by atoms with Gasteiger partial charge in [0.15, 0.2) is 0 Å². The summed E-state index contributed by atoms with van der Waals surface area (Å²) in [5.41, 5.74) is 4.37. The monoisotopic (exact) mass is 235 g/mol. The molecule has 1 fully saturated rings. The van der Waals surface area contributed by atoms with Crippen LogP contribution in [0.2, 0.25) is 5.02 Å². The van der Waals surface area contributed by atoms with Crippen molar-refractivity contribution in [2.75, 3.05) is 0 Å². The highest BCUT2D eigenvalue weighted by molar-refractivity contribution is 6.31. The molecule has 5 heteroatoms. The van der Waals surface area contributed by atoms with Gasteiger partial charge in [0.2, 0.25) is 0 Å². The first kappa shape index (κ1) is 10.8. The van der Waals surface area contributed by atoms with E-state index in [0.29, 0.717) is 0 Å². The normalized spacial score (nSPS) is 22.2. The first-order chi connectivity index (χ1) is 6.84. The van der Waals surface area contributed by atoms with Crippen LogP contribution in [0.3, 0.4) is 0 Å². The van der Waals surface area contributed by atoms with Crippen LogP contribution in [0.15, 0.2) is 18.2 Å². The van der Waals surface area contributed by atoms with E-state index in [9.17, 15) is 13.2 Å². The minimum Gasteiger partial charge on any atom is -0.321 e. The summed E-state index contributed by atoms with van der Waals surface area (Å²) in [6, 6.07) is 4.04. The Morgan fingerprint density at radius 2 is 1.87 bits per heavy atom. The fourth-order valence-corrected chi connectivity index (χ4v) is 2.37. The second-order valence-corrected chi connectivity index (χ2v) is 4.37. The van der Waals surface area contributed by atoms with Gasteiger partial charge in [0.05, 0.1) is 5.54 Å². The molecule has 1 aromatic rings. The number of nitrogens with two attached hydrogens (primary N) is 1. The lowest BCUT2D eigenvalue weighted by atomic mass is 9.69. The quantitative estimate of drug-likeness (QED) is 0.796. The molecule has 0 atom stereocenters. The molecule has 1 aliphatic carbocycles. The Balaban J connectivity index is 2.39. The first-order valence-corrected chi connectivity index (χ1v) is 4.83. The van der Waals surface area contributed by atoms with Crippen molar-refractivity contribution in [3.05, 3.63) is 34.6 Å². The van der Waals surface area contributed by atoms with Crippen LogP contribution in [0.1, 0.15) is 18.4 Å². The van der Waals surface area contributed by atoms with Crippen LogP contribution in [0, 0.1) is 5.82 Å². The van der Waals surface area contributed by atoms with Crippen LogP contribution in [0.5, 0.6) is 0 Å². The molecule has 0 amide bonds. The third-order valence-electron chi connectivity index (χ3n) is 2.61. The number of hydrogen-bond acceptors (Lipinski definition) is 1. The maximum atomic E-state index is 13.4. The molecule has 0 bridgehead atoms. The van der Waals surface area contributed by atoms with E-state index in [2.05, 4.69) is 0 Å². The Bertz CT molecular complexity index is 377. The zero-order chi connectivity index (χ0) is 11.3. The van der Waals surface area contributed by atoms with E-state index in [1.165, 1.54) is 18.2 Å². The maximum absolute atomic E-state index is 13.4. The summed E-state index contributed by atoms with van der Waals surface area (Å²) >= 11 is 5.75. The predicted molar refractivity (Wildman–Crippen MR) is 51.5 cm³/mol. The third kappa shape index (κ3) is 1.72. The van der Waals surface area contributed by atoms with Crippen molar-refractivity contribution in [3.8, 4) is 0 Å². The van der Waals surface area contributed by atoms with Gasteiger partial charge in [0.1, 0.15) is 5.82 Å². The number of hydrogen-bond donors (Lipinski definition) is 1. The van der Waals surface area contributed by atoms with Gasteiger partial charge in [-0.3, -0.25) is 0 Å². The van der Waals surface area contributed by atoms with E-state index >= 15 is 0 Å². The Morgan fingerprint density at radius 3 is 2.33 bits per heavy atom. The highest BCUT2D eigenvalue weighted by Gasteiger charge is 2.56. The molecule has 0 aliphatic heterocycles. The number of alkyl halides is 2. The molecule has 1 nitrogen and oxygen atoms in total. The van der Waals surface area contributed by atoms with E-state index in [4.69, 9.17) is 17.3 Å². The molecule has 0 unspecified atom stereocenters. The van der Waals surface area contributed by atoms with E-state index in [0.717, 1.165) is 0 Å². The fourth-order valence-electron chi connectivity index (χ4n) is 2.02. The van der Waals surface area contributed by atoms with Gasteiger partial charge >= 0.3 is 0 Å². The molecule has 1 aliphatic rings. The Labute approximate surface area is 90.0 Å². The van der Waals surface area contributed by atoms with Gasteiger partial charge in [-0.05, 0) is 12.1 Å². The van der Waals surface area contributed by atoms with Crippen molar-refractivity contribution >= 4 is 11.6 Å². The lowest BCUT2D eigenvalue weighted by Crippen LogP contribution is -2.56.